The Balaban J connectivity index is 1.52. The van der Waals surface area contributed by atoms with Crippen LogP contribution in [0.1, 0.15) is 42.0 Å². The van der Waals surface area contributed by atoms with Crippen molar-refractivity contribution >= 4 is 44.6 Å². The van der Waals surface area contributed by atoms with Gasteiger partial charge in [-0.2, -0.15) is 0 Å². The number of rotatable bonds is 3. The van der Waals surface area contributed by atoms with Crippen LogP contribution in [0.2, 0.25) is 0 Å². The summed E-state index contributed by atoms with van der Waals surface area (Å²) in [5.41, 5.74) is 6.19. The minimum atomic E-state index is -0.312. The first-order chi connectivity index (χ1) is 17.1. The average Bonchev–Trinajstić information content (AvgIpc) is 3.29. The van der Waals surface area contributed by atoms with E-state index in [0.29, 0.717) is 11.1 Å². The third-order valence-corrected chi connectivity index (χ3v) is 7.98. The SMILES string of the molecule is Fc1ccccc1C=C1CCCC2=C1N=C1SC=C(c3ccc(Br)cc3)N1C2c1ccccc1F. The lowest BCUT2D eigenvalue weighted by molar-refractivity contribution is 0.439. The van der Waals surface area contributed by atoms with E-state index in [1.807, 2.05) is 36.4 Å². The molecule has 1 aliphatic carbocycles. The van der Waals surface area contributed by atoms with Crippen molar-refractivity contribution < 1.29 is 8.78 Å². The second-order valence-corrected chi connectivity index (χ2v) is 10.5. The highest BCUT2D eigenvalue weighted by Crippen LogP contribution is 2.51. The average molecular weight is 547 g/mol. The van der Waals surface area contributed by atoms with E-state index in [1.54, 1.807) is 30.0 Å². The van der Waals surface area contributed by atoms with Crippen LogP contribution in [0, 0.1) is 11.6 Å². The summed E-state index contributed by atoms with van der Waals surface area (Å²) in [5, 5.41) is 2.91. The molecule has 174 valence electrons. The van der Waals surface area contributed by atoms with Crippen molar-refractivity contribution in [3.63, 3.8) is 0 Å². The number of hydrogen-bond donors (Lipinski definition) is 0. The predicted molar refractivity (Wildman–Crippen MR) is 143 cm³/mol. The van der Waals surface area contributed by atoms with Gasteiger partial charge in [0.05, 0.1) is 17.4 Å². The highest BCUT2D eigenvalue weighted by molar-refractivity contribution is 9.10. The second-order valence-electron chi connectivity index (χ2n) is 8.73. The first-order valence-corrected chi connectivity index (χ1v) is 13.2. The third-order valence-electron chi connectivity index (χ3n) is 6.61. The Bertz CT molecular complexity index is 1440. The van der Waals surface area contributed by atoms with Crippen molar-refractivity contribution in [3.8, 4) is 0 Å². The predicted octanol–water partition coefficient (Wildman–Crippen LogP) is 8.71. The van der Waals surface area contributed by atoms with Crippen molar-refractivity contribution in [3.05, 3.63) is 128 Å². The highest BCUT2D eigenvalue weighted by Gasteiger charge is 2.41. The summed E-state index contributed by atoms with van der Waals surface area (Å²) in [4.78, 5) is 7.25. The van der Waals surface area contributed by atoms with E-state index in [-0.39, 0.29) is 17.7 Å². The smallest absolute Gasteiger partial charge is 0.174 e. The van der Waals surface area contributed by atoms with E-state index in [2.05, 4.69) is 38.4 Å². The molecule has 0 saturated heterocycles. The number of nitrogens with zero attached hydrogens (tertiary/aromatic N) is 2. The van der Waals surface area contributed by atoms with Crippen LogP contribution in [0.15, 0.2) is 105 Å². The lowest BCUT2D eigenvalue weighted by Crippen LogP contribution is -2.35. The van der Waals surface area contributed by atoms with Gasteiger partial charge in [-0.3, -0.25) is 0 Å². The summed E-state index contributed by atoms with van der Waals surface area (Å²) < 4.78 is 30.8. The van der Waals surface area contributed by atoms with Gasteiger partial charge in [-0.25, -0.2) is 13.8 Å². The number of halogens is 3. The molecule has 1 atom stereocenters. The van der Waals surface area contributed by atoms with Gasteiger partial charge < -0.3 is 4.90 Å². The monoisotopic (exact) mass is 546 g/mol. The van der Waals surface area contributed by atoms with E-state index < -0.39 is 0 Å². The summed E-state index contributed by atoms with van der Waals surface area (Å²) in [6.45, 7) is 0. The van der Waals surface area contributed by atoms with E-state index in [9.17, 15) is 4.39 Å². The van der Waals surface area contributed by atoms with Gasteiger partial charge in [0.15, 0.2) is 5.17 Å². The topological polar surface area (TPSA) is 15.6 Å². The maximum atomic E-state index is 15.3. The summed E-state index contributed by atoms with van der Waals surface area (Å²) in [7, 11) is 0. The number of benzene rings is 3. The number of allylic oxidation sites excluding steroid dienone is 1. The third kappa shape index (κ3) is 4.09. The van der Waals surface area contributed by atoms with Gasteiger partial charge in [0.25, 0.3) is 0 Å². The summed E-state index contributed by atoms with van der Waals surface area (Å²) in [5.74, 6) is -0.485. The van der Waals surface area contributed by atoms with Crippen LogP contribution < -0.4 is 0 Å². The fourth-order valence-corrected chi connectivity index (χ4v) is 6.19. The Morgan fingerprint density at radius 2 is 1.66 bits per heavy atom. The molecular weight excluding hydrogens is 526 g/mol. The lowest BCUT2D eigenvalue weighted by Gasteiger charge is -2.40. The van der Waals surface area contributed by atoms with Gasteiger partial charge >= 0.3 is 0 Å². The molecule has 0 bridgehead atoms. The van der Waals surface area contributed by atoms with Crippen LogP contribution in [-0.4, -0.2) is 10.1 Å². The van der Waals surface area contributed by atoms with Crippen molar-refractivity contribution in [2.24, 2.45) is 4.99 Å². The van der Waals surface area contributed by atoms with Crippen LogP contribution in [-0.2, 0) is 0 Å². The molecule has 1 unspecified atom stereocenters. The number of fused-ring (bicyclic) bond motifs is 1. The molecule has 3 aliphatic rings. The minimum Gasteiger partial charge on any atom is -0.308 e. The Hall–Kier alpha value is -2.96. The van der Waals surface area contributed by atoms with Crippen LogP contribution in [0.25, 0.3) is 11.8 Å². The molecule has 0 N–H and O–H groups in total. The zero-order valence-corrected chi connectivity index (χ0v) is 21.1. The van der Waals surface area contributed by atoms with Crippen LogP contribution in [0.3, 0.4) is 0 Å². The normalized spacial score (nSPS) is 20.5. The van der Waals surface area contributed by atoms with Crippen LogP contribution in [0.4, 0.5) is 8.78 Å². The molecule has 35 heavy (non-hydrogen) atoms. The number of aliphatic imine (C=N–C) groups is 1. The fraction of sp³-hybridized carbons (Fsp3) is 0.138. The van der Waals surface area contributed by atoms with Crippen molar-refractivity contribution in [2.45, 2.75) is 25.3 Å². The standard InChI is InChI=1S/C29H21BrF2N2S/c30-21-14-12-18(13-15-21)26-17-35-29-33-27-20(16-19-6-1-3-10-24(19)31)7-5-9-23(27)28(34(26)29)22-8-2-4-11-25(22)32/h1-4,6,8,10-17,28H,5,7,9H2. The Labute approximate surface area is 215 Å². The second kappa shape index (κ2) is 9.25. The van der Waals surface area contributed by atoms with Gasteiger partial charge in [0.1, 0.15) is 11.6 Å². The van der Waals surface area contributed by atoms with Crippen LogP contribution in [0.5, 0.6) is 0 Å². The quantitative estimate of drug-likeness (QED) is 0.326. The molecule has 3 aromatic carbocycles. The van der Waals surface area contributed by atoms with Gasteiger partial charge in [0.2, 0.25) is 0 Å². The number of amidine groups is 1. The molecule has 0 aromatic heterocycles. The molecule has 2 heterocycles. The van der Waals surface area contributed by atoms with Crippen molar-refractivity contribution in [1.82, 2.24) is 4.90 Å². The number of thioether (sulfide) groups is 1. The molecule has 2 nitrogen and oxygen atoms in total. The molecule has 0 spiro atoms. The zero-order valence-electron chi connectivity index (χ0n) is 18.7. The molecule has 3 aromatic rings. The molecule has 0 radical (unpaired) electrons. The summed E-state index contributed by atoms with van der Waals surface area (Å²) in [6.07, 6.45) is 4.44. The Morgan fingerprint density at radius 1 is 0.914 bits per heavy atom. The van der Waals surface area contributed by atoms with Gasteiger partial charge in [-0.1, -0.05) is 76.2 Å². The van der Waals surface area contributed by atoms with E-state index in [0.717, 1.165) is 57.0 Å². The summed E-state index contributed by atoms with van der Waals surface area (Å²) >= 11 is 5.06. The van der Waals surface area contributed by atoms with Gasteiger partial charge in [-0.15, -0.1) is 0 Å². The van der Waals surface area contributed by atoms with E-state index in [4.69, 9.17) is 4.99 Å². The molecule has 0 amide bonds. The minimum absolute atomic E-state index is 0.233. The molecule has 6 heteroatoms. The zero-order chi connectivity index (χ0) is 23.9. The fourth-order valence-electron chi connectivity index (χ4n) is 5.00. The Morgan fingerprint density at radius 3 is 2.43 bits per heavy atom. The van der Waals surface area contributed by atoms with Crippen molar-refractivity contribution in [1.29, 1.82) is 0 Å². The maximum absolute atomic E-state index is 15.3. The van der Waals surface area contributed by atoms with Crippen LogP contribution >= 0.6 is 27.7 Å². The van der Waals surface area contributed by atoms with Gasteiger partial charge in [-0.05, 0) is 66.3 Å². The van der Waals surface area contributed by atoms with Crippen molar-refractivity contribution in [2.75, 3.05) is 0 Å². The van der Waals surface area contributed by atoms with Gasteiger partial charge in [0, 0.05) is 21.0 Å². The lowest BCUT2D eigenvalue weighted by atomic mass is 9.82. The molecule has 0 fully saturated rings. The first kappa shape index (κ1) is 22.5. The Kier molecular flexibility index (Phi) is 5.94. The first-order valence-electron chi connectivity index (χ1n) is 11.5. The van der Waals surface area contributed by atoms with E-state index >= 15 is 4.39 Å². The molecule has 6 rings (SSSR count). The summed E-state index contributed by atoms with van der Waals surface area (Å²) in [6, 6.07) is 21.6. The molecular formula is C29H21BrF2N2S. The maximum Gasteiger partial charge on any atom is 0.174 e. The largest absolute Gasteiger partial charge is 0.308 e. The highest BCUT2D eigenvalue weighted by atomic mass is 79.9. The molecule has 0 saturated carbocycles. The number of hydrogen-bond acceptors (Lipinski definition) is 3. The van der Waals surface area contributed by atoms with E-state index in [1.165, 1.54) is 12.1 Å². The molecule has 2 aliphatic heterocycles.